The normalized spacial score (nSPS) is 14.1. The van der Waals surface area contributed by atoms with Gasteiger partial charge in [0.05, 0.1) is 4.90 Å². The molecule has 1 unspecified atom stereocenters. The van der Waals surface area contributed by atoms with E-state index in [2.05, 4.69) is 4.98 Å². The molecule has 1 atom stereocenters. The van der Waals surface area contributed by atoms with Gasteiger partial charge >= 0.3 is 0 Å². The fourth-order valence-electron chi connectivity index (χ4n) is 3.03. The monoisotopic (exact) mass is 383 g/mol. The first-order chi connectivity index (χ1) is 12.9. The van der Waals surface area contributed by atoms with E-state index in [4.69, 9.17) is 9.47 Å². The van der Waals surface area contributed by atoms with Crippen molar-refractivity contribution < 1.29 is 23.0 Å². The lowest BCUT2D eigenvalue weighted by Gasteiger charge is -2.17. The second-order valence-electron chi connectivity index (χ2n) is 6.28. The summed E-state index contributed by atoms with van der Waals surface area (Å²) in [5.41, 5.74) is 2.76. The van der Waals surface area contributed by atoms with E-state index in [9.17, 15) is 13.5 Å². The predicted octanol–water partition coefficient (Wildman–Crippen LogP) is 2.96. The summed E-state index contributed by atoms with van der Waals surface area (Å²) in [6.07, 6.45) is 3.49. The Labute approximate surface area is 157 Å². The van der Waals surface area contributed by atoms with Crippen molar-refractivity contribution in [2.45, 2.75) is 11.0 Å². The molecule has 2 heterocycles. The van der Waals surface area contributed by atoms with E-state index in [0.29, 0.717) is 22.6 Å². The van der Waals surface area contributed by atoms with E-state index in [1.54, 1.807) is 60.9 Å². The maximum atomic E-state index is 11.7. The van der Waals surface area contributed by atoms with Crippen LogP contribution in [0.15, 0.2) is 65.8 Å². The molecular formula is C20H17NO5S. The number of nitrogens with zero attached hydrogens (tertiary/aromatic N) is 1. The van der Waals surface area contributed by atoms with Crippen LogP contribution < -0.4 is 9.47 Å². The minimum absolute atomic E-state index is 0.119. The van der Waals surface area contributed by atoms with Gasteiger partial charge in [0, 0.05) is 24.2 Å². The molecule has 27 heavy (non-hydrogen) atoms. The van der Waals surface area contributed by atoms with Crippen LogP contribution in [-0.2, 0) is 9.84 Å². The standard InChI is InChI=1S/C20H17NO5S/c1-27(23,24)15-6-4-13(5-7-15)16-9-18-19(26-12-25-18)10-17(16)20(22)14-3-2-8-21-11-14/h2-11,20,22H,12H2,1H3. The molecule has 0 spiro atoms. The van der Waals surface area contributed by atoms with Gasteiger partial charge in [0.25, 0.3) is 0 Å². The summed E-state index contributed by atoms with van der Waals surface area (Å²) in [4.78, 5) is 4.30. The van der Waals surface area contributed by atoms with Crippen molar-refractivity contribution >= 4 is 9.84 Å². The van der Waals surface area contributed by atoms with Gasteiger partial charge in [-0.25, -0.2) is 8.42 Å². The molecule has 1 aromatic heterocycles. The Morgan fingerprint density at radius 3 is 2.41 bits per heavy atom. The Kier molecular flexibility index (Phi) is 4.33. The lowest BCUT2D eigenvalue weighted by atomic mass is 9.92. The van der Waals surface area contributed by atoms with E-state index >= 15 is 0 Å². The lowest BCUT2D eigenvalue weighted by Crippen LogP contribution is -2.03. The van der Waals surface area contributed by atoms with Gasteiger partial charge in [-0.05, 0) is 47.0 Å². The third-order valence-electron chi connectivity index (χ3n) is 4.43. The fourth-order valence-corrected chi connectivity index (χ4v) is 3.66. The number of fused-ring (bicyclic) bond motifs is 1. The molecule has 0 saturated carbocycles. The Bertz CT molecular complexity index is 1080. The van der Waals surface area contributed by atoms with Gasteiger partial charge in [0.2, 0.25) is 6.79 Å². The Balaban J connectivity index is 1.84. The summed E-state index contributed by atoms with van der Waals surface area (Å²) in [5, 5.41) is 10.9. The number of sulfone groups is 1. The highest BCUT2D eigenvalue weighted by molar-refractivity contribution is 7.90. The minimum Gasteiger partial charge on any atom is -0.454 e. The van der Waals surface area contributed by atoms with Crippen LogP contribution >= 0.6 is 0 Å². The summed E-state index contributed by atoms with van der Waals surface area (Å²) in [6.45, 7) is 0.119. The first kappa shape index (κ1) is 17.5. The molecule has 1 N–H and O–H groups in total. The molecule has 7 heteroatoms. The van der Waals surface area contributed by atoms with Gasteiger partial charge in [-0.15, -0.1) is 0 Å². The molecular weight excluding hydrogens is 366 g/mol. The highest BCUT2D eigenvalue weighted by atomic mass is 32.2. The first-order valence-electron chi connectivity index (χ1n) is 8.25. The third-order valence-corrected chi connectivity index (χ3v) is 5.56. The third kappa shape index (κ3) is 3.39. The zero-order chi connectivity index (χ0) is 19.0. The number of pyridine rings is 1. The number of rotatable bonds is 4. The molecule has 6 nitrogen and oxygen atoms in total. The van der Waals surface area contributed by atoms with Crippen LogP contribution in [0.5, 0.6) is 11.5 Å². The topological polar surface area (TPSA) is 85.7 Å². The van der Waals surface area contributed by atoms with Crippen LogP contribution in [0.4, 0.5) is 0 Å². The number of aromatic nitrogens is 1. The molecule has 2 aromatic carbocycles. The van der Waals surface area contributed by atoms with Gasteiger partial charge in [-0.1, -0.05) is 18.2 Å². The minimum atomic E-state index is -3.28. The van der Waals surface area contributed by atoms with Crippen molar-refractivity contribution in [1.82, 2.24) is 4.98 Å². The number of hydrogen-bond acceptors (Lipinski definition) is 6. The second-order valence-corrected chi connectivity index (χ2v) is 8.29. The van der Waals surface area contributed by atoms with Crippen LogP contribution in [0.3, 0.4) is 0 Å². The number of aliphatic hydroxyl groups excluding tert-OH is 1. The van der Waals surface area contributed by atoms with E-state index in [1.165, 1.54) is 6.26 Å². The number of hydrogen-bond donors (Lipinski definition) is 1. The van der Waals surface area contributed by atoms with E-state index < -0.39 is 15.9 Å². The lowest BCUT2D eigenvalue weighted by molar-refractivity contribution is 0.173. The summed E-state index contributed by atoms with van der Waals surface area (Å²) >= 11 is 0. The van der Waals surface area contributed by atoms with Gasteiger partial charge < -0.3 is 14.6 Å². The van der Waals surface area contributed by atoms with E-state index in [1.807, 2.05) is 0 Å². The van der Waals surface area contributed by atoms with Crippen LogP contribution in [0.25, 0.3) is 11.1 Å². The van der Waals surface area contributed by atoms with Gasteiger partial charge in [-0.3, -0.25) is 4.98 Å². The van der Waals surface area contributed by atoms with E-state index in [-0.39, 0.29) is 11.7 Å². The van der Waals surface area contributed by atoms with E-state index in [0.717, 1.165) is 11.1 Å². The summed E-state index contributed by atoms with van der Waals surface area (Å²) in [5.74, 6) is 1.14. The Hall–Kier alpha value is -2.90. The SMILES string of the molecule is CS(=O)(=O)c1ccc(-c2cc3c(cc2C(O)c2cccnc2)OCO3)cc1. The van der Waals surface area contributed by atoms with Crippen molar-refractivity contribution in [1.29, 1.82) is 0 Å². The zero-order valence-electron chi connectivity index (χ0n) is 14.5. The number of benzene rings is 2. The molecule has 0 saturated heterocycles. The molecule has 0 aliphatic carbocycles. The molecule has 1 aliphatic rings. The largest absolute Gasteiger partial charge is 0.454 e. The van der Waals surface area contributed by atoms with Crippen molar-refractivity contribution in [3.8, 4) is 22.6 Å². The summed E-state index contributed by atoms with van der Waals surface area (Å²) < 4.78 is 34.3. The average Bonchev–Trinajstić information content (AvgIpc) is 3.14. The van der Waals surface area contributed by atoms with Crippen molar-refractivity contribution in [2.75, 3.05) is 13.0 Å². The molecule has 0 radical (unpaired) electrons. The van der Waals surface area contributed by atoms with Crippen LogP contribution in [-0.4, -0.2) is 31.6 Å². The molecule has 0 bridgehead atoms. The smallest absolute Gasteiger partial charge is 0.231 e. The number of aliphatic hydroxyl groups is 1. The van der Waals surface area contributed by atoms with Crippen LogP contribution in [0.1, 0.15) is 17.2 Å². The van der Waals surface area contributed by atoms with Crippen molar-refractivity contribution in [3.63, 3.8) is 0 Å². The molecule has 4 rings (SSSR count). The van der Waals surface area contributed by atoms with Crippen molar-refractivity contribution in [2.24, 2.45) is 0 Å². The van der Waals surface area contributed by atoms with Gasteiger partial charge in [0.1, 0.15) is 6.10 Å². The quantitative estimate of drug-likeness (QED) is 0.746. The highest BCUT2D eigenvalue weighted by Gasteiger charge is 2.23. The van der Waals surface area contributed by atoms with Crippen LogP contribution in [0.2, 0.25) is 0 Å². The van der Waals surface area contributed by atoms with Crippen molar-refractivity contribution in [3.05, 3.63) is 72.1 Å². The Morgan fingerprint density at radius 1 is 1.07 bits per heavy atom. The zero-order valence-corrected chi connectivity index (χ0v) is 15.3. The first-order valence-corrected chi connectivity index (χ1v) is 10.1. The number of ether oxygens (including phenoxy) is 2. The molecule has 1 aliphatic heterocycles. The predicted molar refractivity (Wildman–Crippen MR) is 99.4 cm³/mol. The van der Waals surface area contributed by atoms with Gasteiger partial charge in [-0.2, -0.15) is 0 Å². The Morgan fingerprint density at radius 2 is 1.78 bits per heavy atom. The molecule has 0 amide bonds. The summed E-state index contributed by atoms with van der Waals surface area (Å²) in [6, 6.07) is 13.6. The van der Waals surface area contributed by atoms with Gasteiger partial charge in [0.15, 0.2) is 21.3 Å². The summed E-state index contributed by atoms with van der Waals surface area (Å²) in [7, 11) is -3.28. The molecule has 138 valence electrons. The second kappa shape index (κ2) is 6.68. The molecule has 0 fully saturated rings. The highest BCUT2D eigenvalue weighted by Crippen LogP contribution is 2.42. The fraction of sp³-hybridized carbons (Fsp3) is 0.150. The maximum absolute atomic E-state index is 11.7. The molecule has 3 aromatic rings. The van der Waals surface area contributed by atoms with Crippen LogP contribution in [0, 0.1) is 0 Å². The average molecular weight is 383 g/mol. The maximum Gasteiger partial charge on any atom is 0.231 e.